The molecule has 0 bridgehead atoms. The molecule has 1 heterocycles. The summed E-state index contributed by atoms with van der Waals surface area (Å²) in [7, 11) is 1.91. The lowest BCUT2D eigenvalue weighted by Gasteiger charge is -2.08. The number of aromatic nitrogens is 3. The first-order valence-corrected chi connectivity index (χ1v) is 6.88. The molecule has 1 fully saturated rings. The van der Waals surface area contributed by atoms with Crippen LogP contribution < -0.4 is 0 Å². The van der Waals surface area contributed by atoms with E-state index in [1.807, 2.05) is 11.6 Å². The number of nitrogens with zero attached hydrogens (tertiary/aromatic N) is 3. The van der Waals surface area contributed by atoms with Gasteiger partial charge in [0, 0.05) is 13.5 Å². The quantitative estimate of drug-likeness (QED) is 0.811. The van der Waals surface area contributed by atoms with Gasteiger partial charge in [-0.3, -0.25) is 4.79 Å². The standard InChI is InChI=1S/C11H17N3O2S/c1-14-9(6-8-4-2-3-5-8)12-13-11(14)17-7-10(15)16/h8H,2-7H2,1H3,(H,15,16). The monoisotopic (exact) mass is 255 g/mol. The second kappa shape index (κ2) is 5.53. The number of hydrogen-bond acceptors (Lipinski definition) is 4. The van der Waals surface area contributed by atoms with Crippen molar-refractivity contribution in [2.75, 3.05) is 5.75 Å². The van der Waals surface area contributed by atoms with Gasteiger partial charge >= 0.3 is 5.97 Å². The Morgan fingerprint density at radius 2 is 2.18 bits per heavy atom. The maximum Gasteiger partial charge on any atom is 0.313 e. The zero-order valence-corrected chi connectivity index (χ0v) is 10.7. The summed E-state index contributed by atoms with van der Waals surface area (Å²) < 4.78 is 1.92. The van der Waals surface area contributed by atoms with Crippen molar-refractivity contribution in [2.45, 2.75) is 37.3 Å². The number of carbonyl (C=O) groups is 1. The molecule has 1 N–H and O–H groups in total. The molecule has 0 radical (unpaired) electrons. The van der Waals surface area contributed by atoms with Gasteiger partial charge in [-0.25, -0.2) is 0 Å². The Labute approximate surface area is 105 Å². The van der Waals surface area contributed by atoms with Gasteiger partial charge in [0.2, 0.25) is 0 Å². The Kier molecular flexibility index (Phi) is 4.04. The van der Waals surface area contributed by atoms with Crippen LogP contribution in [0.3, 0.4) is 0 Å². The summed E-state index contributed by atoms with van der Waals surface area (Å²) in [6, 6.07) is 0. The van der Waals surface area contributed by atoms with Crippen LogP contribution in [0.2, 0.25) is 0 Å². The molecule has 17 heavy (non-hydrogen) atoms. The van der Waals surface area contributed by atoms with Gasteiger partial charge in [0.25, 0.3) is 0 Å². The van der Waals surface area contributed by atoms with E-state index in [0.717, 1.165) is 18.2 Å². The first kappa shape index (κ1) is 12.4. The van der Waals surface area contributed by atoms with Crippen LogP contribution in [0.4, 0.5) is 0 Å². The molecule has 0 aliphatic heterocycles. The normalized spacial score (nSPS) is 16.5. The average molecular weight is 255 g/mol. The third kappa shape index (κ3) is 3.21. The van der Waals surface area contributed by atoms with Gasteiger partial charge in [-0.05, 0) is 5.92 Å². The van der Waals surface area contributed by atoms with Crippen molar-refractivity contribution in [2.24, 2.45) is 13.0 Å². The van der Waals surface area contributed by atoms with Crippen LogP contribution in [0.1, 0.15) is 31.5 Å². The zero-order chi connectivity index (χ0) is 12.3. The maximum atomic E-state index is 10.5. The first-order valence-electron chi connectivity index (χ1n) is 5.89. The van der Waals surface area contributed by atoms with E-state index in [-0.39, 0.29) is 5.75 Å². The minimum Gasteiger partial charge on any atom is -0.481 e. The SMILES string of the molecule is Cn1c(CC2CCCC2)nnc1SCC(=O)O. The number of carboxylic acids is 1. The van der Waals surface area contributed by atoms with Crippen molar-refractivity contribution >= 4 is 17.7 Å². The van der Waals surface area contributed by atoms with E-state index in [1.54, 1.807) is 0 Å². The smallest absolute Gasteiger partial charge is 0.313 e. The van der Waals surface area contributed by atoms with E-state index in [1.165, 1.54) is 37.4 Å². The fraction of sp³-hybridized carbons (Fsp3) is 0.727. The summed E-state index contributed by atoms with van der Waals surface area (Å²) >= 11 is 1.22. The number of aliphatic carboxylic acids is 1. The molecule has 94 valence electrons. The van der Waals surface area contributed by atoms with Gasteiger partial charge in [-0.1, -0.05) is 37.4 Å². The Bertz CT molecular complexity index is 399. The summed E-state index contributed by atoms with van der Waals surface area (Å²) in [5, 5.41) is 17.5. The fourth-order valence-electron chi connectivity index (χ4n) is 2.25. The summed E-state index contributed by atoms with van der Waals surface area (Å²) in [4.78, 5) is 10.5. The van der Waals surface area contributed by atoms with Crippen LogP contribution in [-0.2, 0) is 18.3 Å². The van der Waals surface area contributed by atoms with E-state index < -0.39 is 5.97 Å². The Morgan fingerprint density at radius 3 is 2.82 bits per heavy atom. The van der Waals surface area contributed by atoms with Crippen LogP contribution in [-0.4, -0.2) is 31.6 Å². The predicted octanol–water partition coefficient (Wildman–Crippen LogP) is 1.72. The lowest BCUT2D eigenvalue weighted by molar-refractivity contribution is -0.133. The molecule has 0 amide bonds. The lowest BCUT2D eigenvalue weighted by Crippen LogP contribution is -2.06. The van der Waals surface area contributed by atoms with Crippen molar-refractivity contribution in [1.82, 2.24) is 14.8 Å². The highest BCUT2D eigenvalue weighted by Crippen LogP contribution is 2.28. The largest absolute Gasteiger partial charge is 0.481 e. The molecule has 0 aromatic carbocycles. The number of carboxylic acid groups (broad SMARTS) is 1. The molecule has 0 atom stereocenters. The summed E-state index contributed by atoms with van der Waals surface area (Å²) in [5.41, 5.74) is 0. The predicted molar refractivity (Wildman–Crippen MR) is 65.0 cm³/mol. The number of hydrogen-bond donors (Lipinski definition) is 1. The second-order valence-corrected chi connectivity index (χ2v) is 5.44. The van der Waals surface area contributed by atoms with Gasteiger partial charge in [-0.15, -0.1) is 10.2 Å². The molecule has 1 aromatic heterocycles. The molecule has 1 saturated carbocycles. The molecule has 0 saturated heterocycles. The van der Waals surface area contributed by atoms with Gasteiger partial charge in [0.05, 0.1) is 5.75 Å². The van der Waals surface area contributed by atoms with E-state index in [0.29, 0.717) is 5.16 Å². The minimum atomic E-state index is -0.824. The summed E-state index contributed by atoms with van der Waals surface area (Å²) in [6.07, 6.45) is 6.18. The molecule has 2 rings (SSSR count). The molecule has 1 aromatic rings. The van der Waals surface area contributed by atoms with E-state index >= 15 is 0 Å². The van der Waals surface area contributed by atoms with E-state index in [2.05, 4.69) is 10.2 Å². The Morgan fingerprint density at radius 1 is 1.47 bits per heavy atom. The summed E-state index contributed by atoms with van der Waals surface area (Å²) in [5.74, 6) is 0.922. The van der Waals surface area contributed by atoms with Crippen LogP contribution in [0.25, 0.3) is 0 Å². The Balaban J connectivity index is 1.96. The van der Waals surface area contributed by atoms with Gasteiger partial charge in [0.15, 0.2) is 5.16 Å². The van der Waals surface area contributed by atoms with E-state index in [9.17, 15) is 4.79 Å². The second-order valence-electron chi connectivity index (χ2n) is 4.49. The number of rotatable bonds is 5. The van der Waals surface area contributed by atoms with Gasteiger partial charge in [0.1, 0.15) is 5.82 Å². The van der Waals surface area contributed by atoms with Gasteiger partial charge < -0.3 is 9.67 Å². The topological polar surface area (TPSA) is 68.0 Å². The zero-order valence-electron chi connectivity index (χ0n) is 9.93. The maximum absolute atomic E-state index is 10.5. The van der Waals surface area contributed by atoms with Crippen molar-refractivity contribution in [3.05, 3.63) is 5.82 Å². The molecular formula is C11H17N3O2S. The highest BCUT2D eigenvalue weighted by molar-refractivity contribution is 7.99. The number of thioether (sulfide) groups is 1. The highest BCUT2D eigenvalue weighted by atomic mass is 32.2. The van der Waals surface area contributed by atoms with Crippen LogP contribution in [0, 0.1) is 5.92 Å². The average Bonchev–Trinajstić information content (AvgIpc) is 2.89. The molecule has 5 nitrogen and oxygen atoms in total. The molecule has 6 heteroatoms. The fourth-order valence-corrected chi connectivity index (χ4v) is 2.90. The van der Waals surface area contributed by atoms with Crippen molar-refractivity contribution in [3.8, 4) is 0 Å². The molecule has 1 aliphatic rings. The first-order chi connectivity index (χ1) is 8.16. The van der Waals surface area contributed by atoms with Crippen molar-refractivity contribution < 1.29 is 9.90 Å². The molecule has 0 spiro atoms. The molecule has 0 unspecified atom stereocenters. The summed E-state index contributed by atoms with van der Waals surface area (Å²) in [6.45, 7) is 0. The van der Waals surface area contributed by atoms with E-state index in [4.69, 9.17) is 5.11 Å². The minimum absolute atomic E-state index is 0.0371. The van der Waals surface area contributed by atoms with Gasteiger partial charge in [-0.2, -0.15) is 0 Å². The lowest BCUT2D eigenvalue weighted by atomic mass is 10.0. The third-order valence-corrected chi connectivity index (χ3v) is 4.20. The van der Waals surface area contributed by atoms with Crippen molar-refractivity contribution in [1.29, 1.82) is 0 Å². The van der Waals surface area contributed by atoms with Crippen molar-refractivity contribution in [3.63, 3.8) is 0 Å². The third-order valence-electron chi connectivity index (χ3n) is 3.20. The van der Waals surface area contributed by atoms with Crippen LogP contribution in [0.5, 0.6) is 0 Å². The van der Waals surface area contributed by atoms with Crippen LogP contribution in [0.15, 0.2) is 5.16 Å². The molecule has 1 aliphatic carbocycles. The van der Waals surface area contributed by atoms with Crippen LogP contribution >= 0.6 is 11.8 Å². The Hall–Kier alpha value is -1.04. The molecular weight excluding hydrogens is 238 g/mol. The highest BCUT2D eigenvalue weighted by Gasteiger charge is 2.19.